The van der Waals surface area contributed by atoms with E-state index in [4.69, 9.17) is 9.47 Å². The highest BCUT2D eigenvalue weighted by Crippen LogP contribution is 2.35. The molecular weight excluding hydrogens is 418 g/mol. The monoisotopic (exact) mass is 437 g/mol. The summed E-state index contributed by atoms with van der Waals surface area (Å²) in [7, 11) is 0. The van der Waals surface area contributed by atoms with Crippen molar-refractivity contribution in [2.24, 2.45) is 0 Å². The summed E-state index contributed by atoms with van der Waals surface area (Å²) in [6.45, 7) is 0.309. The van der Waals surface area contributed by atoms with E-state index < -0.39 is 0 Å². The number of benzene rings is 3. The number of anilines is 2. The Kier molecular flexibility index (Phi) is 4.40. The average molecular weight is 437 g/mol. The number of nitrogens with zero attached hydrogens (tertiary/aromatic N) is 1. The quantitative estimate of drug-likeness (QED) is 0.461. The minimum Gasteiger partial charge on any atom is -0.454 e. The second-order valence-corrected chi connectivity index (χ2v) is 7.90. The first-order valence-electron chi connectivity index (χ1n) is 10.6. The van der Waals surface area contributed by atoms with Crippen LogP contribution in [-0.2, 0) is 16.1 Å². The molecule has 0 saturated carbocycles. The molecule has 0 radical (unpaired) electrons. The number of fused-ring (bicyclic) bond motifs is 3. The minimum atomic E-state index is -0.169. The molecule has 1 aromatic heterocycles. The summed E-state index contributed by atoms with van der Waals surface area (Å²) in [5.74, 6) is 0.981. The largest absolute Gasteiger partial charge is 0.454 e. The summed E-state index contributed by atoms with van der Waals surface area (Å²) < 4.78 is 12.6. The Bertz CT molecular complexity index is 1470. The molecule has 0 saturated heterocycles. The van der Waals surface area contributed by atoms with Gasteiger partial charge in [-0.25, -0.2) is 0 Å². The molecule has 4 aromatic rings. The summed E-state index contributed by atoms with van der Waals surface area (Å²) in [6, 6.07) is 20.8. The number of nitrogens with one attached hydrogen (secondary N) is 2. The van der Waals surface area contributed by atoms with Crippen LogP contribution in [0.2, 0.25) is 0 Å². The van der Waals surface area contributed by atoms with Gasteiger partial charge in [0.05, 0.1) is 0 Å². The van der Waals surface area contributed by atoms with E-state index in [-0.39, 0.29) is 25.2 Å². The number of hydrogen-bond donors (Lipinski definition) is 2. The van der Waals surface area contributed by atoms with Crippen molar-refractivity contribution >= 4 is 45.7 Å². The molecule has 2 aliphatic heterocycles. The van der Waals surface area contributed by atoms with Crippen LogP contribution in [-0.4, -0.2) is 23.2 Å². The first-order valence-corrected chi connectivity index (χ1v) is 10.6. The fourth-order valence-corrected chi connectivity index (χ4v) is 4.29. The molecule has 7 heteroatoms. The van der Waals surface area contributed by atoms with Crippen LogP contribution in [0.25, 0.3) is 22.6 Å². The predicted octanol–water partition coefficient (Wildman–Crippen LogP) is 4.50. The Morgan fingerprint density at radius 2 is 1.85 bits per heavy atom. The highest BCUT2D eigenvalue weighted by Gasteiger charge is 2.24. The zero-order valence-electron chi connectivity index (χ0n) is 17.5. The van der Waals surface area contributed by atoms with Crippen molar-refractivity contribution in [1.29, 1.82) is 0 Å². The number of aromatic nitrogens is 1. The minimum absolute atomic E-state index is 0.126. The maximum absolute atomic E-state index is 12.8. The Hall–Kier alpha value is -4.52. The van der Waals surface area contributed by atoms with Gasteiger partial charge in [-0.1, -0.05) is 36.4 Å². The zero-order valence-corrected chi connectivity index (χ0v) is 17.5. The molecule has 0 spiro atoms. The Balaban J connectivity index is 1.31. The Labute approximate surface area is 189 Å². The first-order chi connectivity index (χ1) is 16.2. The standard InChI is InChI=1S/C26H19N3O4/c30-25(27-17-9-10-23-24(12-17)33-15-32-23)14-29-13-16(18-5-2-4-8-22(18)29)11-20-19-6-1-3-7-21(19)28-26(20)31/h1-13H,14-15H2,(H,27,30)(H,28,31). The van der Waals surface area contributed by atoms with E-state index in [2.05, 4.69) is 10.6 Å². The van der Waals surface area contributed by atoms with Crippen molar-refractivity contribution in [3.63, 3.8) is 0 Å². The van der Waals surface area contributed by atoms with Gasteiger partial charge in [-0.15, -0.1) is 0 Å². The van der Waals surface area contributed by atoms with Gasteiger partial charge in [-0.2, -0.15) is 0 Å². The van der Waals surface area contributed by atoms with E-state index >= 15 is 0 Å². The molecule has 2 N–H and O–H groups in total. The maximum Gasteiger partial charge on any atom is 0.256 e. The first kappa shape index (κ1) is 19.2. The average Bonchev–Trinajstić information content (AvgIpc) is 3.50. The summed E-state index contributed by atoms with van der Waals surface area (Å²) in [5.41, 5.74) is 4.72. The summed E-state index contributed by atoms with van der Waals surface area (Å²) >= 11 is 0. The molecular formula is C26H19N3O4. The number of carbonyl (C=O) groups excluding carboxylic acids is 2. The van der Waals surface area contributed by atoms with Crippen molar-refractivity contribution in [2.75, 3.05) is 17.4 Å². The molecule has 3 heterocycles. The van der Waals surface area contributed by atoms with E-state index in [0.717, 1.165) is 27.7 Å². The van der Waals surface area contributed by atoms with E-state index in [0.29, 0.717) is 22.8 Å². The summed E-state index contributed by atoms with van der Waals surface area (Å²) in [4.78, 5) is 25.4. The van der Waals surface area contributed by atoms with Crippen molar-refractivity contribution in [3.8, 4) is 11.5 Å². The Morgan fingerprint density at radius 3 is 2.79 bits per heavy atom. The molecule has 0 atom stereocenters. The number of amides is 2. The third-order valence-corrected chi connectivity index (χ3v) is 5.80. The maximum atomic E-state index is 12.8. The molecule has 6 rings (SSSR count). The van der Waals surface area contributed by atoms with E-state index in [1.165, 1.54) is 0 Å². The molecule has 0 unspecified atom stereocenters. The number of hydrogen-bond acceptors (Lipinski definition) is 4. The lowest BCUT2D eigenvalue weighted by molar-refractivity contribution is -0.116. The van der Waals surface area contributed by atoms with Crippen LogP contribution in [0.3, 0.4) is 0 Å². The van der Waals surface area contributed by atoms with Crippen LogP contribution < -0.4 is 20.1 Å². The van der Waals surface area contributed by atoms with Crippen LogP contribution in [0.4, 0.5) is 11.4 Å². The van der Waals surface area contributed by atoms with E-state index in [1.54, 1.807) is 18.2 Å². The lowest BCUT2D eigenvalue weighted by atomic mass is 10.0. The van der Waals surface area contributed by atoms with Crippen LogP contribution in [0.5, 0.6) is 11.5 Å². The van der Waals surface area contributed by atoms with E-state index in [9.17, 15) is 9.59 Å². The second kappa shape index (κ2) is 7.56. The van der Waals surface area contributed by atoms with Crippen molar-refractivity contribution in [2.45, 2.75) is 6.54 Å². The van der Waals surface area contributed by atoms with E-state index in [1.807, 2.05) is 65.4 Å². The number of rotatable bonds is 4. The molecule has 0 aliphatic carbocycles. The van der Waals surface area contributed by atoms with Gasteiger partial charge in [0.25, 0.3) is 5.91 Å². The van der Waals surface area contributed by atoms with Crippen molar-refractivity contribution in [1.82, 2.24) is 4.57 Å². The van der Waals surface area contributed by atoms with Gasteiger partial charge >= 0.3 is 0 Å². The number of carbonyl (C=O) groups is 2. The zero-order chi connectivity index (χ0) is 22.4. The van der Waals surface area contributed by atoms with Crippen molar-refractivity contribution < 1.29 is 19.1 Å². The lowest BCUT2D eigenvalue weighted by Crippen LogP contribution is -2.18. The van der Waals surface area contributed by atoms with Gasteiger partial charge in [-0.3, -0.25) is 9.59 Å². The fraction of sp³-hybridized carbons (Fsp3) is 0.0769. The van der Waals surface area contributed by atoms with Crippen LogP contribution >= 0.6 is 0 Å². The van der Waals surface area contributed by atoms with Crippen LogP contribution in [0.15, 0.2) is 72.9 Å². The molecule has 0 bridgehead atoms. The smallest absolute Gasteiger partial charge is 0.256 e. The third-order valence-electron chi connectivity index (χ3n) is 5.80. The fourth-order valence-electron chi connectivity index (χ4n) is 4.29. The molecule has 2 aliphatic rings. The molecule has 2 amide bonds. The molecule has 33 heavy (non-hydrogen) atoms. The van der Waals surface area contributed by atoms with Gasteiger partial charge in [0.1, 0.15) is 6.54 Å². The molecule has 162 valence electrons. The topological polar surface area (TPSA) is 81.6 Å². The lowest BCUT2D eigenvalue weighted by Gasteiger charge is -2.08. The van der Waals surface area contributed by atoms with Gasteiger partial charge in [0.15, 0.2) is 11.5 Å². The summed E-state index contributed by atoms with van der Waals surface area (Å²) in [6.07, 6.45) is 3.79. The molecule has 0 fully saturated rings. The SMILES string of the molecule is O=C(Cn1cc(C=C2C(=O)Nc3ccccc32)c2ccccc21)Nc1ccc2c(c1)OCO2. The molecule has 3 aromatic carbocycles. The number of ether oxygens (including phenoxy) is 2. The van der Waals surface area contributed by atoms with Crippen LogP contribution in [0, 0.1) is 0 Å². The predicted molar refractivity (Wildman–Crippen MR) is 126 cm³/mol. The van der Waals surface area contributed by atoms with Gasteiger partial charge in [0.2, 0.25) is 12.7 Å². The Morgan fingerprint density at radius 1 is 1.03 bits per heavy atom. The summed E-state index contributed by atoms with van der Waals surface area (Å²) in [5, 5.41) is 6.79. The second-order valence-electron chi connectivity index (χ2n) is 7.90. The highest BCUT2D eigenvalue weighted by molar-refractivity contribution is 6.35. The normalized spacial score (nSPS) is 15.0. The third kappa shape index (κ3) is 3.40. The van der Waals surface area contributed by atoms with Crippen LogP contribution in [0.1, 0.15) is 11.1 Å². The van der Waals surface area contributed by atoms with Gasteiger partial charge < -0.3 is 24.7 Å². The van der Waals surface area contributed by atoms with Crippen molar-refractivity contribution in [3.05, 3.63) is 84.1 Å². The van der Waals surface area contributed by atoms with Gasteiger partial charge in [-0.05, 0) is 30.3 Å². The number of para-hydroxylation sites is 2. The highest BCUT2D eigenvalue weighted by atomic mass is 16.7. The molecule has 7 nitrogen and oxygen atoms in total. The van der Waals surface area contributed by atoms with Gasteiger partial charge in [0, 0.05) is 51.2 Å².